The van der Waals surface area contributed by atoms with E-state index in [2.05, 4.69) is 15.4 Å². The molecule has 2 N–H and O–H groups in total. The van der Waals surface area contributed by atoms with Crippen molar-refractivity contribution in [1.82, 2.24) is 30.0 Å². The first kappa shape index (κ1) is 18.6. The van der Waals surface area contributed by atoms with Gasteiger partial charge in [0.2, 0.25) is 0 Å². The average molecular weight is 399 g/mol. The smallest absolute Gasteiger partial charge is 0.317 e. The maximum atomic E-state index is 12.6. The van der Waals surface area contributed by atoms with Gasteiger partial charge in [0.05, 0.1) is 18.2 Å². The lowest BCUT2D eigenvalue weighted by atomic mass is 9.95. The van der Waals surface area contributed by atoms with Gasteiger partial charge in [0.1, 0.15) is 11.2 Å². The minimum absolute atomic E-state index is 0.0174. The molecule has 2 aromatic heterocycles. The van der Waals surface area contributed by atoms with E-state index < -0.39 is 0 Å². The number of H-pyrrole nitrogens is 1. The lowest BCUT2D eigenvalue weighted by Crippen LogP contribution is -2.55. The van der Waals surface area contributed by atoms with Crippen LogP contribution in [0.4, 0.5) is 4.79 Å². The minimum Gasteiger partial charge on any atom is -0.335 e. The molecule has 1 aliphatic heterocycles. The van der Waals surface area contributed by atoms with Gasteiger partial charge >= 0.3 is 6.03 Å². The Kier molecular flexibility index (Phi) is 5.01. The van der Waals surface area contributed by atoms with Gasteiger partial charge in [-0.15, -0.1) is 0 Å². The molecule has 2 aromatic rings. The van der Waals surface area contributed by atoms with Gasteiger partial charge in [-0.2, -0.15) is 5.10 Å². The maximum absolute atomic E-state index is 12.6. The molecule has 1 saturated heterocycles. The number of hydrogen-bond donors (Lipinski definition) is 2. The second-order valence-electron chi connectivity index (χ2n) is 8.96. The second kappa shape index (κ2) is 7.80. The van der Waals surface area contributed by atoms with Crippen LogP contribution in [0.15, 0.2) is 11.0 Å². The number of urea groups is 1. The molecule has 2 saturated carbocycles. The minimum atomic E-state index is -0.128. The molecule has 0 atom stereocenters. The fraction of sp³-hybridized carbons (Fsp3) is 0.714. The molecule has 29 heavy (non-hydrogen) atoms. The van der Waals surface area contributed by atoms with E-state index in [1.165, 1.54) is 38.5 Å². The van der Waals surface area contributed by atoms with Gasteiger partial charge in [0.25, 0.3) is 5.56 Å². The molecule has 3 heterocycles. The summed E-state index contributed by atoms with van der Waals surface area (Å²) >= 11 is 0. The van der Waals surface area contributed by atoms with Gasteiger partial charge in [0.15, 0.2) is 5.65 Å². The highest BCUT2D eigenvalue weighted by molar-refractivity contribution is 5.76. The number of likely N-dealkylation sites (tertiary alicyclic amines) is 1. The summed E-state index contributed by atoms with van der Waals surface area (Å²) < 4.78 is 1.96. The number of nitrogens with one attached hydrogen (secondary N) is 2. The Morgan fingerprint density at radius 1 is 1.03 bits per heavy atom. The zero-order valence-corrected chi connectivity index (χ0v) is 16.9. The van der Waals surface area contributed by atoms with Crippen LogP contribution in [0, 0.1) is 0 Å². The highest BCUT2D eigenvalue weighted by Crippen LogP contribution is 2.30. The van der Waals surface area contributed by atoms with E-state index in [0.29, 0.717) is 42.0 Å². The monoisotopic (exact) mass is 398 g/mol. The number of carbonyl (C=O) groups is 1. The van der Waals surface area contributed by atoms with Gasteiger partial charge in [-0.05, 0) is 25.7 Å². The number of fused-ring (bicyclic) bond motifs is 1. The molecule has 0 unspecified atom stereocenters. The molecule has 8 heteroatoms. The van der Waals surface area contributed by atoms with Crippen LogP contribution < -0.4 is 10.9 Å². The Hall–Kier alpha value is -2.38. The zero-order valence-electron chi connectivity index (χ0n) is 16.9. The lowest BCUT2D eigenvalue weighted by Gasteiger charge is -2.39. The molecular formula is C21H30N6O2. The number of carbonyl (C=O) groups excluding carboxylic acids is 1. The lowest BCUT2D eigenvalue weighted by molar-refractivity contribution is 0.143. The van der Waals surface area contributed by atoms with Crippen LogP contribution in [0.25, 0.3) is 11.0 Å². The molecule has 0 radical (unpaired) electrons. The molecule has 0 bridgehead atoms. The molecule has 3 fully saturated rings. The van der Waals surface area contributed by atoms with Crippen LogP contribution in [-0.4, -0.2) is 49.8 Å². The van der Waals surface area contributed by atoms with Crippen LogP contribution in [-0.2, 0) is 0 Å². The summed E-state index contributed by atoms with van der Waals surface area (Å²) in [6.45, 7) is 1.20. The van der Waals surface area contributed by atoms with E-state index in [-0.39, 0.29) is 17.5 Å². The number of rotatable bonds is 3. The number of amides is 2. The van der Waals surface area contributed by atoms with Crippen molar-refractivity contribution in [3.05, 3.63) is 22.4 Å². The van der Waals surface area contributed by atoms with Gasteiger partial charge in [-0.3, -0.25) is 4.79 Å². The molecule has 3 aliphatic rings. The first-order valence-corrected chi connectivity index (χ1v) is 11.2. The quantitative estimate of drug-likeness (QED) is 0.830. The Labute approximate surface area is 170 Å². The largest absolute Gasteiger partial charge is 0.335 e. The van der Waals surface area contributed by atoms with E-state index in [0.717, 1.165) is 25.7 Å². The van der Waals surface area contributed by atoms with Crippen LogP contribution in [0.3, 0.4) is 0 Å². The van der Waals surface area contributed by atoms with E-state index >= 15 is 0 Å². The van der Waals surface area contributed by atoms with Crippen molar-refractivity contribution in [1.29, 1.82) is 0 Å². The molecule has 2 amide bonds. The summed E-state index contributed by atoms with van der Waals surface area (Å²) in [5, 5.41) is 8.21. The van der Waals surface area contributed by atoms with E-state index in [9.17, 15) is 9.59 Å². The number of aromatic amines is 1. The highest BCUT2D eigenvalue weighted by atomic mass is 16.2. The van der Waals surface area contributed by atoms with Crippen molar-refractivity contribution in [2.24, 2.45) is 0 Å². The van der Waals surface area contributed by atoms with Crippen molar-refractivity contribution < 1.29 is 4.79 Å². The van der Waals surface area contributed by atoms with E-state index in [1.54, 1.807) is 6.20 Å². The van der Waals surface area contributed by atoms with Crippen LogP contribution in [0.2, 0.25) is 0 Å². The first-order valence-electron chi connectivity index (χ1n) is 11.2. The van der Waals surface area contributed by atoms with Crippen molar-refractivity contribution >= 4 is 17.1 Å². The van der Waals surface area contributed by atoms with E-state index in [1.807, 2.05) is 9.58 Å². The third-order valence-electron chi connectivity index (χ3n) is 6.89. The maximum Gasteiger partial charge on any atom is 0.317 e. The van der Waals surface area contributed by atoms with Crippen molar-refractivity contribution in [2.75, 3.05) is 13.1 Å². The summed E-state index contributed by atoms with van der Waals surface area (Å²) in [6, 6.07) is 0.667. The topological polar surface area (TPSA) is 95.9 Å². The summed E-state index contributed by atoms with van der Waals surface area (Å²) in [7, 11) is 0. The van der Waals surface area contributed by atoms with Crippen molar-refractivity contribution in [3.8, 4) is 0 Å². The molecular weight excluding hydrogens is 368 g/mol. The molecule has 2 aliphatic carbocycles. The van der Waals surface area contributed by atoms with Gasteiger partial charge in [-0.1, -0.05) is 38.5 Å². The Morgan fingerprint density at radius 2 is 1.72 bits per heavy atom. The fourth-order valence-corrected chi connectivity index (χ4v) is 5.07. The van der Waals surface area contributed by atoms with Gasteiger partial charge < -0.3 is 15.2 Å². The standard InChI is InChI=1S/C21H30N6O2/c28-20-17-11-22-27(16-9-5-2-6-10-16)19(17)24-18(25-20)14-12-26(13-14)21(29)23-15-7-3-1-4-8-15/h11,14-16H,1-10,12-13H2,(H,23,29)(H,24,25,28). The van der Waals surface area contributed by atoms with Gasteiger partial charge in [-0.25, -0.2) is 14.5 Å². The third kappa shape index (κ3) is 3.65. The second-order valence-corrected chi connectivity index (χ2v) is 8.96. The Balaban J connectivity index is 1.28. The first-order chi connectivity index (χ1) is 14.2. The van der Waals surface area contributed by atoms with Crippen LogP contribution in [0.5, 0.6) is 0 Å². The van der Waals surface area contributed by atoms with Crippen LogP contribution in [0.1, 0.15) is 82.0 Å². The molecule has 8 nitrogen and oxygen atoms in total. The average Bonchev–Trinajstić information content (AvgIpc) is 3.13. The summed E-state index contributed by atoms with van der Waals surface area (Å²) in [5.41, 5.74) is 0.568. The van der Waals surface area contributed by atoms with Crippen molar-refractivity contribution in [2.45, 2.75) is 82.2 Å². The number of hydrogen-bond acceptors (Lipinski definition) is 4. The highest BCUT2D eigenvalue weighted by Gasteiger charge is 2.35. The molecule has 0 spiro atoms. The fourth-order valence-electron chi connectivity index (χ4n) is 5.07. The molecule has 156 valence electrons. The summed E-state index contributed by atoms with van der Waals surface area (Å²) in [5.74, 6) is 0.765. The predicted octanol–water partition coefficient (Wildman–Crippen LogP) is 3.07. The van der Waals surface area contributed by atoms with E-state index in [4.69, 9.17) is 4.98 Å². The predicted molar refractivity (Wildman–Crippen MR) is 110 cm³/mol. The van der Waals surface area contributed by atoms with Gasteiger partial charge in [0, 0.05) is 19.1 Å². The SMILES string of the molecule is O=C(NC1CCCCC1)N1CC(c2nc3c(cnn3C3CCCCC3)c(=O)[nH]2)C1. The Morgan fingerprint density at radius 3 is 2.45 bits per heavy atom. The Bertz CT molecular complexity index is 932. The van der Waals surface area contributed by atoms with Crippen molar-refractivity contribution in [3.63, 3.8) is 0 Å². The number of aromatic nitrogens is 4. The zero-order chi connectivity index (χ0) is 19.8. The third-order valence-corrected chi connectivity index (χ3v) is 6.89. The summed E-state index contributed by atoms with van der Waals surface area (Å²) in [6.07, 6.45) is 13.4. The normalized spacial score (nSPS) is 22.0. The van der Waals surface area contributed by atoms with Crippen LogP contribution >= 0.6 is 0 Å². The molecule has 0 aromatic carbocycles. The number of nitrogens with zero attached hydrogens (tertiary/aromatic N) is 4. The summed E-state index contributed by atoms with van der Waals surface area (Å²) in [4.78, 5) is 34.6. The molecule has 5 rings (SSSR count).